The molecule has 0 spiro atoms. The highest BCUT2D eigenvalue weighted by Crippen LogP contribution is 2.59. The van der Waals surface area contributed by atoms with Gasteiger partial charge in [0.1, 0.15) is 5.82 Å². The van der Waals surface area contributed by atoms with Gasteiger partial charge in [-0.2, -0.15) is 0 Å². The molecule has 1 aromatic carbocycles. The van der Waals surface area contributed by atoms with Crippen molar-refractivity contribution in [1.29, 1.82) is 0 Å². The fourth-order valence-corrected chi connectivity index (χ4v) is 6.59. The first kappa shape index (κ1) is 17.4. The van der Waals surface area contributed by atoms with Crippen molar-refractivity contribution in [2.24, 2.45) is 23.7 Å². The Labute approximate surface area is 161 Å². The summed E-state index contributed by atoms with van der Waals surface area (Å²) in [6, 6.07) is 7.47. The number of unbranched alkanes of at least 4 members (excludes halogenated alkanes) is 1. The topological polar surface area (TPSA) is 30.1 Å². The van der Waals surface area contributed by atoms with Crippen LogP contribution >= 0.6 is 0 Å². The van der Waals surface area contributed by atoms with Gasteiger partial charge in [-0.05, 0) is 74.7 Å². The molecule has 6 rings (SSSR count). The van der Waals surface area contributed by atoms with Gasteiger partial charge in [-0.3, -0.25) is 4.68 Å². The standard InChI is InChI=1S/C23H31FN2O/c1-2-3-8-21-23(27)26(25(21)14-17-6-4-5-7-20(17)24)22-18-10-15-9-16(12-18)13-19(22)11-15/h4-7,15-16,18-19,22,27H,2-3,8-14H2,1H3. The molecule has 1 heterocycles. The average Bonchev–Trinajstić information content (AvgIpc) is 2.65. The summed E-state index contributed by atoms with van der Waals surface area (Å²) in [5.74, 6) is 3.53. The van der Waals surface area contributed by atoms with E-state index in [1.165, 1.54) is 38.2 Å². The number of aromatic nitrogens is 2. The van der Waals surface area contributed by atoms with Crippen molar-refractivity contribution >= 4 is 0 Å². The Balaban J connectivity index is 1.50. The summed E-state index contributed by atoms with van der Waals surface area (Å²) in [5, 5.41) is 11.0. The SMILES string of the molecule is CCCCc1c(O)n(C2C3CC4CC(C3)CC2C4)n1Cc1ccccc1F. The van der Waals surface area contributed by atoms with Gasteiger partial charge in [-0.25, -0.2) is 9.07 Å². The summed E-state index contributed by atoms with van der Waals surface area (Å²) in [6.45, 7) is 2.70. The molecule has 0 radical (unpaired) electrons. The van der Waals surface area contributed by atoms with Gasteiger partial charge in [0.15, 0.2) is 0 Å². The predicted molar refractivity (Wildman–Crippen MR) is 104 cm³/mol. The molecule has 0 aliphatic heterocycles. The maximum Gasteiger partial charge on any atom is 0.228 e. The van der Waals surface area contributed by atoms with Crippen LogP contribution in [0.25, 0.3) is 0 Å². The van der Waals surface area contributed by atoms with Crippen LogP contribution in [0.5, 0.6) is 5.88 Å². The molecule has 3 nitrogen and oxygen atoms in total. The molecule has 27 heavy (non-hydrogen) atoms. The van der Waals surface area contributed by atoms with E-state index in [-0.39, 0.29) is 5.82 Å². The summed E-state index contributed by atoms with van der Waals surface area (Å²) < 4.78 is 18.7. The molecule has 4 bridgehead atoms. The molecule has 4 fully saturated rings. The molecule has 1 aromatic heterocycles. The third-order valence-electron chi connectivity index (χ3n) is 7.55. The third kappa shape index (κ3) is 2.83. The molecular weight excluding hydrogens is 339 g/mol. The fourth-order valence-electron chi connectivity index (χ4n) is 6.59. The Morgan fingerprint density at radius 3 is 2.33 bits per heavy atom. The lowest BCUT2D eigenvalue weighted by molar-refractivity contribution is -0.0461. The minimum Gasteiger partial charge on any atom is -0.492 e. The molecule has 4 saturated carbocycles. The Kier molecular flexibility index (Phi) is 4.33. The van der Waals surface area contributed by atoms with E-state index in [4.69, 9.17) is 0 Å². The molecule has 4 aliphatic carbocycles. The molecule has 2 aromatic rings. The molecular formula is C23H31FN2O. The monoisotopic (exact) mass is 370 g/mol. The predicted octanol–water partition coefficient (Wildman–Crippen LogP) is 5.52. The summed E-state index contributed by atoms with van der Waals surface area (Å²) >= 11 is 0. The largest absolute Gasteiger partial charge is 0.492 e. The smallest absolute Gasteiger partial charge is 0.228 e. The summed E-state index contributed by atoms with van der Waals surface area (Å²) in [5.41, 5.74) is 1.72. The zero-order valence-electron chi connectivity index (χ0n) is 16.3. The first-order chi connectivity index (χ1) is 13.2. The van der Waals surface area contributed by atoms with E-state index in [0.717, 1.165) is 36.8 Å². The van der Waals surface area contributed by atoms with Gasteiger partial charge in [0.2, 0.25) is 5.88 Å². The van der Waals surface area contributed by atoms with E-state index >= 15 is 0 Å². The minimum absolute atomic E-state index is 0.149. The normalized spacial score (nSPS) is 31.7. The first-order valence-electron chi connectivity index (χ1n) is 10.9. The van der Waals surface area contributed by atoms with Crippen LogP contribution < -0.4 is 0 Å². The van der Waals surface area contributed by atoms with Gasteiger partial charge in [-0.15, -0.1) is 0 Å². The molecule has 0 amide bonds. The van der Waals surface area contributed by atoms with Gasteiger partial charge in [0.05, 0.1) is 18.3 Å². The number of nitrogens with zero attached hydrogens (tertiary/aromatic N) is 2. The molecule has 146 valence electrons. The van der Waals surface area contributed by atoms with Crippen molar-refractivity contribution in [2.75, 3.05) is 0 Å². The number of hydrogen-bond acceptors (Lipinski definition) is 1. The van der Waals surface area contributed by atoms with Gasteiger partial charge >= 0.3 is 0 Å². The molecule has 0 saturated heterocycles. The maximum absolute atomic E-state index is 14.3. The Hall–Kier alpha value is -1.71. The molecule has 0 atom stereocenters. The van der Waals surface area contributed by atoms with E-state index in [9.17, 15) is 9.50 Å². The van der Waals surface area contributed by atoms with Crippen LogP contribution in [-0.4, -0.2) is 14.5 Å². The van der Waals surface area contributed by atoms with Crippen LogP contribution in [0.2, 0.25) is 0 Å². The van der Waals surface area contributed by atoms with E-state index < -0.39 is 0 Å². The Bertz CT molecular complexity index is 792. The summed E-state index contributed by atoms with van der Waals surface area (Å²) in [7, 11) is 0. The number of hydrogen-bond donors (Lipinski definition) is 1. The second-order valence-electron chi connectivity index (χ2n) is 9.29. The highest BCUT2D eigenvalue weighted by atomic mass is 19.1. The third-order valence-corrected chi connectivity index (χ3v) is 7.55. The lowest BCUT2D eigenvalue weighted by Crippen LogP contribution is -2.49. The zero-order valence-corrected chi connectivity index (χ0v) is 16.3. The van der Waals surface area contributed by atoms with Crippen LogP contribution in [0.15, 0.2) is 24.3 Å². The number of halogens is 1. The van der Waals surface area contributed by atoms with Gasteiger partial charge < -0.3 is 5.11 Å². The van der Waals surface area contributed by atoms with Gasteiger partial charge in [0.25, 0.3) is 0 Å². The van der Waals surface area contributed by atoms with Crippen molar-refractivity contribution in [3.05, 3.63) is 41.3 Å². The van der Waals surface area contributed by atoms with Gasteiger partial charge in [-0.1, -0.05) is 31.5 Å². The highest BCUT2D eigenvalue weighted by Gasteiger charge is 2.50. The minimum atomic E-state index is -0.149. The lowest BCUT2D eigenvalue weighted by atomic mass is 9.54. The van der Waals surface area contributed by atoms with E-state index in [0.29, 0.717) is 35.9 Å². The highest BCUT2D eigenvalue weighted by molar-refractivity contribution is 5.27. The quantitative estimate of drug-likeness (QED) is 0.713. The Morgan fingerprint density at radius 1 is 1.04 bits per heavy atom. The van der Waals surface area contributed by atoms with Crippen LogP contribution in [0, 0.1) is 29.5 Å². The number of aromatic hydroxyl groups is 1. The van der Waals surface area contributed by atoms with Crippen LogP contribution in [0.1, 0.15) is 69.2 Å². The second-order valence-corrected chi connectivity index (χ2v) is 9.29. The summed E-state index contributed by atoms with van der Waals surface area (Å²) in [6.07, 6.45) is 9.74. The van der Waals surface area contributed by atoms with Crippen LogP contribution in [0.4, 0.5) is 4.39 Å². The van der Waals surface area contributed by atoms with Crippen LogP contribution in [-0.2, 0) is 13.0 Å². The van der Waals surface area contributed by atoms with Gasteiger partial charge in [0, 0.05) is 5.56 Å². The first-order valence-corrected chi connectivity index (χ1v) is 10.9. The number of rotatable bonds is 6. The number of benzene rings is 1. The second kappa shape index (κ2) is 6.72. The molecule has 1 N–H and O–H groups in total. The van der Waals surface area contributed by atoms with Crippen molar-refractivity contribution in [3.63, 3.8) is 0 Å². The van der Waals surface area contributed by atoms with Crippen molar-refractivity contribution in [2.45, 2.75) is 70.9 Å². The van der Waals surface area contributed by atoms with Crippen LogP contribution in [0.3, 0.4) is 0 Å². The van der Waals surface area contributed by atoms with E-state index in [2.05, 4.69) is 16.3 Å². The van der Waals surface area contributed by atoms with Crippen molar-refractivity contribution in [3.8, 4) is 5.88 Å². The Morgan fingerprint density at radius 2 is 1.70 bits per heavy atom. The van der Waals surface area contributed by atoms with E-state index in [1.54, 1.807) is 6.07 Å². The molecule has 4 heteroatoms. The summed E-state index contributed by atoms with van der Waals surface area (Å²) in [4.78, 5) is 0. The lowest BCUT2D eigenvalue weighted by Gasteiger charge is -2.56. The average molecular weight is 371 g/mol. The van der Waals surface area contributed by atoms with Crippen molar-refractivity contribution in [1.82, 2.24) is 9.36 Å². The van der Waals surface area contributed by atoms with Crippen molar-refractivity contribution < 1.29 is 9.50 Å². The molecule has 0 unspecified atom stereocenters. The molecule has 4 aliphatic rings. The zero-order chi connectivity index (χ0) is 18.5. The maximum atomic E-state index is 14.3. The fraction of sp³-hybridized carbons (Fsp3) is 0.652. The van der Waals surface area contributed by atoms with E-state index in [1.807, 2.05) is 12.1 Å².